The third kappa shape index (κ3) is 2.24. The van der Waals surface area contributed by atoms with Crippen LogP contribution in [0.15, 0.2) is 21.2 Å². The Morgan fingerprint density at radius 2 is 2.10 bits per heavy atom. The molecule has 1 aliphatic carbocycles. The van der Waals surface area contributed by atoms with Gasteiger partial charge in [-0.1, -0.05) is 10.3 Å². The highest BCUT2D eigenvalue weighted by Crippen LogP contribution is 2.40. The van der Waals surface area contributed by atoms with Crippen LogP contribution >= 0.6 is 0 Å². The lowest BCUT2D eigenvalue weighted by Crippen LogP contribution is -2.30. The van der Waals surface area contributed by atoms with Gasteiger partial charge in [0.1, 0.15) is 17.2 Å². The highest BCUT2D eigenvalue weighted by Gasteiger charge is 2.35. The Morgan fingerprint density at radius 3 is 2.81 bits per heavy atom. The number of carbonyl (C=O) groups is 1. The lowest BCUT2D eigenvalue weighted by Gasteiger charge is -2.21. The predicted molar refractivity (Wildman–Crippen MR) is 72.7 cm³/mol. The van der Waals surface area contributed by atoms with Crippen molar-refractivity contribution in [1.29, 1.82) is 0 Å². The third-order valence-electron chi connectivity index (χ3n) is 4.23. The van der Waals surface area contributed by atoms with Gasteiger partial charge in [-0.25, -0.2) is 0 Å². The normalized spacial score (nSPS) is 22.0. The van der Waals surface area contributed by atoms with Crippen molar-refractivity contribution in [1.82, 2.24) is 15.2 Å². The topological polar surface area (TPSA) is 72.4 Å². The van der Waals surface area contributed by atoms with Crippen LogP contribution in [0.4, 0.5) is 0 Å². The summed E-state index contributed by atoms with van der Waals surface area (Å²) >= 11 is 0. The largest absolute Gasteiger partial charge is 0.361 e. The molecule has 110 valence electrons. The average molecular weight is 287 g/mol. The molecule has 2 fully saturated rings. The zero-order valence-electron chi connectivity index (χ0n) is 11.9. The summed E-state index contributed by atoms with van der Waals surface area (Å²) in [5.41, 5.74) is 1.23. The standard InChI is InChI=1S/C15H17N3O3/c1-9-7-11(16-20-9)13-3-2-6-18(13)15(19)12-8-14(21-17-12)10-4-5-10/h7-8,10,13H,2-6H2,1H3/t13-/m0/s1. The van der Waals surface area contributed by atoms with Crippen molar-refractivity contribution < 1.29 is 13.8 Å². The first-order chi connectivity index (χ1) is 10.2. The summed E-state index contributed by atoms with van der Waals surface area (Å²) in [6, 6.07) is 3.68. The second-order valence-electron chi connectivity index (χ2n) is 5.91. The number of aromatic nitrogens is 2. The highest BCUT2D eigenvalue weighted by molar-refractivity contribution is 5.92. The molecule has 2 aromatic rings. The number of carbonyl (C=O) groups excluding carboxylic acids is 1. The number of hydrogen-bond acceptors (Lipinski definition) is 5. The molecule has 0 aromatic carbocycles. The van der Waals surface area contributed by atoms with E-state index in [9.17, 15) is 4.79 Å². The first-order valence-corrected chi connectivity index (χ1v) is 7.43. The van der Waals surface area contributed by atoms with E-state index in [0.29, 0.717) is 11.6 Å². The number of likely N-dealkylation sites (tertiary alicyclic amines) is 1. The van der Waals surface area contributed by atoms with Gasteiger partial charge < -0.3 is 13.9 Å². The van der Waals surface area contributed by atoms with E-state index in [-0.39, 0.29) is 11.9 Å². The van der Waals surface area contributed by atoms with E-state index in [0.717, 1.165) is 49.4 Å². The lowest BCUT2D eigenvalue weighted by molar-refractivity contribution is 0.0720. The molecule has 1 atom stereocenters. The molecule has 4 rings (SSSR count). The van der Waals surface area contributed by atoms with E-state index >= 15 is 0 Å². The van der Waals surface area contributed by atoms with E-state index in [2.05, 4.69) is 10.3 Å². The van der Waals surface area contributed by atoms with Crippen molar-refractivity contribution in [2.24, 2.45) is 0 Å². The maximum atomic E-state index is 12.6. The van der Waals surface area contributed by atoms with Gasteiger partial charge in [0.2, 0.25) is 0 Å². The van der Waals surface area contributed by atoms with Crippen LogP contribution in [-0.4, -0.2) is 27.7 Å². The molecular formula is C15H17N3O3. The molecule has 0 radical (unpaired) electrons. The van der Waals surface area contributed by atoms with Gasteiger partial charge in [0.05, 0.1) is 6.04 Å². The molecule has 6 heteroatoms. The van der Waals surface area contributed by atoms with Gasteiger partial charge in [0, 0.05) is 24.6 Å². The first-order valence-electron chi connectivity index (χ1n) is 7.43. The van der Waals surface area contributed by atoms with Crippen molar-refractivity contribution in [3.05, 3.63) is 35.0 Å². The number of rotatable bonds is 3. The van der Waals surface area contributed by atoms with Crippen molar-refractivity contribution in [2.75, 3.05) is 6.54 Å². The minimum absolute atomic E-state index is 0.0176. The second-order valence-corrected chi connectivity index (χ2v) is 5.91. The molecule has 2 aromatic heterocycles. The smallest absolute Gasteiger partial charge is 0.276 e. The van der Waals surface area contributed by atoms with Crippen LogP contribution < -0.4 is 0 Å². The van der Waals surface area contributed by atoms with E-state index in [4.69, 9.17) is 9.05 Å². The van der Waals surface area contributed by atoms with Crippen LogP contribution in [0.5, 0.6) is 0 Å². The summed E-state index contributed by atoms with van der Waals surface area (Å²) in [7, 11) is 0. The number of nitrogens with zero attached hydrogens (tertiary/aromatic N) is 3. The summed E-state index contributed by atoms with van der Waals surface area (Å²) in [6.07, 6.45) is 4.14. The number of hydrogen-bond donors (Lipinski definition) is 0. The van der Waals surface area contributed by atoms with Crippen LogP contribution in [-0.2, 0) is 0 Å². The van der Waals surface area contributed by atoms with Gasteiger partial charge in [-0.2, -0.15) is 0 Å². The maximum absolute atomic E-state index is 12.6. The monoisotopic (exact) mass is 287 g/mol. The second kappa shape index (κ2) is 4.72. The Morgan fingerprint density at radius 1 is 1.24 bits per heavy atom. The Bertz CT molecular complexity index is 671. The highest BCUT2D eigenvalue weighted by atomic mass is 16.5. The minimum atomic E-state index is -0.0752. The van der Waals surface area contributed by atoms with Crippen molar-refractivity contribution >= 4 is 5.91 Å². The quantitative estimate of drug-likeness (QED) is 0.868. The fourth-order valence-electron chi connectivity index (χ4n) is 2.96. The molecule has 0 spiro atoms. The van der Waals surface area contributed by atoms with Crippen LogP contribution in [0.1, 0.15) is 65.3 Å². The summed E-state index contributed by atoms with van der Waals surface area (Å²) < 4.78 is 10.4. The summed E-state index contributed by atoms with van der Waals surface area (Å²) in [5.74, 6) is 1.99. The minimum Gasteiger partial charge on any atom is -0.361 e. The molecule has 1 saturated carbocycles. The maximum Gasteiger partial charge on any atom is 0.276 e. The van der Waals surface area contributed by atoms with Gasteiger partial charge >= 0.3 is 0 Å². The molecule has 1 aliphatic heterocycles. The fourth-order valence-corrected chi connectivity index (χ4v) is 2.96. The molecule has 6 nitrogen and oxygen atoms in total. The van der Waals surface area contributed by atoms with Gasteiger partial charge in [-0.15, -0.1) is 0 Å². The Labute approximate surface area is 122 Å². The Kier molecular flexibility index (Phi) is 2.83. The summed E-state index contributed by atoms with van der Waals surface area (Å²) in [4.78, 5) is 14.5. The van der Waals surface area contributed by atoms with Gasteiger partial charge in [0.25, 0.3) is 5.91 Å². The summed E-state index contributed by atoms with van der Waals surface area (Å²) in [6.45, 7) is 2.58. The van der Waals surface area contributed by atoms with Crippen LogP contribution in [0.25, 0.3) is 0 Å². The Hall–Kier alpha value is -2.11. The van der Waals surface area contributed by atoms with E-state index in [1.54, 1.807) is 6.07 Å². The molecule has 0 bridgehead atoms. The van der Waals surface area contributed by atoms with Crippen LogP contribution in [0.2, 0.25) is 0 Å². The van der Waals surface area contributed by atoms with E-state index in [1.807, 2.05) is 17.9 Å². The van der Waals surface area contributed by atoms with E-state index in [1.165, 1.54) is 0 Å². The molecule has 0 unspecified atom stereocenters. The lowest BCUT2D eigenvalue weighted by atomic mass is 10.1. The molecule has 1 amide bonds. The van der Waals surface area contributed by atoms with E-state index < -0.39 is 0 Å². The average Bonchev–Trinajstić information content (AvgIpc) is 2.94. The van der Waals surface area contributed by atoms with Crippen LogP contribution in [0.3, 0.4) is 0 Å². The van der Waals surface area contributed by atoms with Gasteiger partial charge in [-0.05, 0) is 32.6 Å². The molecule has 2 aliphatic rings. The fraction of sp³-hybridized carbons (Fsp3) is 0.533. The van der Waals surface area contributed by atoms with Gasteiger partial charge in [-0.3, -0.25) is 4.79 Å². The first kappa shape index (κ1) is 12.6. The molecule has 3 heterocycles. The Balaban J connectivity index is 1.56. The zero-order chi connectivity index (χ0) is 14.4. The molecular weight excluding hydrogens is 270 g/mol. The zero-order valence-corrected chi connectivity index (χ0v) is 11.9. The van der Waals surface area contributed by atoms with Crippen molar-refractivity contribution in [2.45, 2.75) is 44.6 Å². The van der Waals surface area contributed by atoms with Gasteiger partial charge in [0.15, 0.2) is 5.69 Å². The number of amides is 1. The number of aryl methyl sites for hydroxylation is 1. The van der Waals surface area contributed by atoms with Crippen molar-refractivity contribution in [3.63, 3.8) is 0 Å². The van der Waals surface area contributed by atoms with Crippen molar-refractivity contribution in [3.8, 4) is 0 Å². The van der Waals surface area contributed by atoms with Crippen LogP contribution in [0, 0.1) is 6.92 Å². The molecule has 0 N–H and O–H groups in total. The molecule has 21 heavy (non-hydrogen) atoms. The summed E-state index contributed by atoms with van der Waals surface area (Å²) in [5, 5.41) is 8.00. The SMILES string of the molecule is Cc1cc([C@@H]2CCCN2C(=O)c2cc(C3CC3)on2)no1. The third-order valence-corrected chi connectivity index (χ3v) is 4.23. The predicted octanol–water partition coefficient (Wildman–Crippen LogP) is 2.83. The molecule has 1 saturated heterocycles.